The maximum atomic E-state index is 11.7. The number of hydrogen-bond acceptors (Lipinski definition) is 3. The van der Waals surface area contributed by atoms with E-state index in [4.69, 9.17) is 5.73 Å². The molecule has 3 N–H and O–H groups in total. The first kappa shape index (κ1) is 17.2. The van der Waals surface area contributed by atoms with Crippen LogP contribution in [0.3, 0.4) is 0 Å². The molecule has 0 aliphatic heterocycles. The van der Waals surface area contributed by atoms with Gasteiger partial charge < -0.3 is 11.1 Å². The van der Waals surface area contributed by atoms with E-state index in [1.54, 1.807) is 0 Å². The molecule has 0 aliphatic carbocycles. The topological polar surface area (TPSA) is 55.1 Å². The Kier molecular flexibility index (Phi) is 7.85. The number of carbonyl (C=O) groups excluding carboxylic acids is 1. The predicted molar refractivity (Wildman–Crippen MR) is 87.0 cm³/mol. The van der Waals surface area contributed by atoms with Gasteiger partial charge in [0.05, 0.1) is 0 Å². The maximum Gasteiger partial charge on any atom is 0.220 e. The van der Waals surface area contributed by atoms with Gasteiger partial charge in [-0.25, -0.2) is 0 Å². The van der Waals surface area contributed by atoms with Crippen molar-refractivity contribution in [1.82, 2.24) is 5.32 Å². The fourth-order valence-electron chi connectivity index (χ4n) is 2.08. The zero-order valence-electron chi connectivity index (χ0n) is 12.8. The molecule has 0 aliphatic rings. The number of hydrogen-bond donors (Lipinski definition) is 2. The van der Waals surface area contributed by atoms with E-state index in [0.717, 1.165) is 32.1 Å². The molecule has 0 atom stereocenters. The number of nitrogens with one attached hydrogen (secondary N) is 1. The standard InChI is InChI=1S/C16H28N2OS/c1-3-16(17,4-2)13-18-15(19)11-7-5-6-9-14-10-8-12-20-14/h8,10,12H,3-7,9,11,13,17H2,1-2H3,(H,18,19). The molecule has 0 aromatic carbocycles. The second-order valence-electron chi connectivity index (χ2n) is 5.49. The van der Waals surface area contributed by atoms with E-state index in [9.17, 15) is 4.79 Å². The van der Waals surface area contributed by atoms with Gasteiger partial charge in [0.1, 0.15) is 0 Å². The second-order valence-corrected chi connectivity index (χ2v) is 6.52. The maximum absolute atomic E-state index is 11.7. The molecule has 0 spiro atoms. The van der Waals surface area contributed by atoms with E-state index in [0.29, 0.717) is 13.0 Å². The highest BCUT2D eigenvalue weighted by molar-refractivity contribution is 7.09. The number of nitrogens with two attached hydrogens (primary N) is 1. The van der Waals surface area contributed by atoms with E-state index in [-0.39, 0.29) is 11.4 Å². The number of rotatable bonds is 10. The van der Waals surface area contributed by atoms with Gasteiger partial charge in [-0.15, -0.1) is 11.3 Å². The zero-order chi connectivity index (χ0) is 14.8. The quantitative estimate of drug-likeness (QED) is 0.649. The minimum Gasteiger partial charge on any atom is -0.354 e. The number of amides is 1. The summed E-state index contributed by atoms with van der Waals surface area (Å²) < 4.78 is 0. The lowest BCUT2D eigenvalue weighted by molar-refractivity contribution is -0.121. The predicted octanol–water partition coefficient (Wildman–Crippen LogP) is 3.48. The molecule has 1 heterocycles. The third-order valence-corrected chi connectivity index (χ3v) is 4.89. The van der Waals surface area contributed by atoms with Crippen molar-refractivity contribution in [2.75, 3.05) is 6.54 Å². The van der Waals surface area contributed by atoms with Crippen LogP contribution in [0.1, 0.15) is 57.2 Å². The zero-order valence-corrected chi connectivity index (χ0v) is 13.6. The molecule has 1 aromatic rings. The highest BCUT2D eigenvalue weighted by Gasteiger charge is 2.20. The van der Waals surface area contributed by atoms with Crippen LogP contribution in [0.15, 0.2) is 17.5 Å². The smallest absolute Gasteiger partial charge is 0.220 e. The van der Waals surface area contributed by atoms with Crippen molar-refractivity contribution in [3.8, 4) is 0 Å². The van der Waals surface area contributed by atoms with Gasteiger partial charge in [-0.1, -0.05) is 26.3 Å². The Morgan fingerprint density at radius 3 is 2.65 bits per heavy atom. The molecular formula is C16H28N2OS. The highest BCUT2D eigenvalue weighted by atomic mass is 32.1. The third-order valence-electron chi connectivity index (χ3n) is 3.95. The Bertz CT molecular complexity index is 372. The van der Waals surface area contributed by atoms with Gasteiger partial charge in [0.15, 0.2) is 0 Å². The Morgan fingerprint density at radius 2 is 2.05 bits per heavy atom. The van der Waals surface area contributed by atoms with Gasteiger partial charge >= 0.3 is 0 Å². The van der Waals surface area contributed by atoms with Crippen molar-refractivity contribution in [3.05, 3.63) is 22.4 Å². The Morgan fingerprint density at radius 1 is 1.30 bits per heavy atom. The summed E-state index contributed by atoms with van der Waals surface area (Å²) in [5.74, 6) is 0.137. The monoisotopic (exact) mass is 296 g/mol. The lowest BCUT2D eigenvalue weighted by Crippen LogP contribution is -2.49. The Labute approximate surface area is 127 Å². The fraction of sp³-hybridized carbons (Fsp3) is 0.688. The molecule has 0 radical (unpaired) electrons. The van der Waals surface area contributed by atoms with Gasteiger partial charge in [0.2, 0.25) is 5.91 Å². The van der Waals surface area contributed by atoms with Crippen molar-refractivity contribution in [2.24, 2.45) is 5.73 Å². The number of carbonyl (C=O) groups is 1. The summed E-state index contributed by atoms with van der Waals surface area (Å²) in [7, 11) is 0. The lowest BCUT2D eigenvalue weighted by Gasteiger charge is -2.26. The summed E-state index contributed by atoms with van der Waals surface area (Å²) in [5, 5.41) is 5.08. The van der Waals surface area contributed by atoms with Crippen molar-refractivity contribution in [2.45, 2.75) is 64.3 Å². The van der Waals surface area contributed by atoms with E-state index in [1.807, 2.05) is 11.3 Å². The van der Waals surface area contributed by atoms with Gasteiger partial charge in [-0.2, -0.15) is 0 Å². The molecule has 0 fully saturated rings. The number of unbranched alkanes of at least 4 members (excludes halogenated alkanes) is 2. The van der Waals surface area contributed by atoms with Crippen molar-refractivity contribution >= 4 is 17.2 Å². The molecule has 0 unspecified atom stereocenters. The molecule has 1 amide bonds. The van der Waals surface area contributed by atoms with Crippen LogP contribution in [0.25, 0.3) is 0 Å². The summed E-state index contributed by atoms with van der Waals surface area (Å²) in [5.41, 5.74) is 5.92. The number of thiophene rings is 1. The molecule has 1 aromatic heterocycles. The van der Waals surface area contributed by atoms with Crippen LogP contribution in [0.4, 0.5) is 0 Å². The lowest BCUT2D eigenvalue weighted by atomic mass is 9.94. The first-order valence-electron chi connectivity index (χ1n) is 7.67. The summed E-state index contributed by atoms with van der Waals surface area (Å²) in [4.78, 5) is 13.2. The van der Waals surface area contributed by atoms with Crippen molar-refractivity contribution in [3.63, 3.8) is 0 Å². The summed E-state index contributed by atoms with van der Waals surface area (Å²) >= 11 is 1.81. The third kappa shape index (κ3) is 6.53. The largest absolute Gasteiger partial charge is 0.354 e. The van der Waals surface area contributed by atoms with E-state index < -0.39 is 0 Å². The van der Waals surface area contributed by atoms with Gasteiger partial charge in [0.25, 0.3) is 0 Å². The van der Waals surface area contributed by atoms with E-state index in [2.05, 4.69) is 36.7 Å². The Hall–Kier alpha value is -0.870. The normalized spacial score (nSPS) is 11.6. The number of aryl methyl sites for hydroxylation is 1. The first-order valence-corrected chi connectivity index (χ1v) is 8.55. The van der Waals surface area contributed by atoms with E-state index in [1.165, 1.54) is 11.3 Å². The molecule has 1 rings (SSSR count). The minimum absolute atomic E-state index is 0.137. The van der Waals surface area contributed by atoms with Crippen molar-refractivity contribution < 1.29 is 4.79 Å². The first-order chi connectivity index (χ1) is 9.59. The van der Waals surface area contributed by atoms with Crippen LogP contribution >= 0.6 is 11.3 Å². The van der Waals surface area contributed by atoms with Crippen LogP contribution in [-0.2, 0) is 11.2 Å². The van der Waals surface area contributed by atoms with Crippen LogP contribution in [-0.4, -0.2) is 18.0 Å². The van der Waals surface area contributed by atoms with E-state index >= 15 is 0 Å². The summed E-state index contributed by atoms with van der Waals surface area (Å²) in [6.45, 7) is 4.73. The van der Waals surface area contributed by atoms with Gasteiger partial charge in [-0.05, 0) is 43.6 Å². The fourth-order valence-corrected chi connectivity index (χ4v) is 2.83. The molecular weight excluding hydrogens is 268 g/mol. The van der Waals surface area contributed by atoms with Crippen molar-refractivity contribution in [1.29, 1.82) is 0 Å². The molecule has 0 saturated carbocycles. The van der Waals surface area contributed by atoms with Crippen LogP contribution < -0.4 is 11.1 Å². The SMILES string of the molecule is CCC(N)(CC)CNC(=O)CCCCCc1cccs1. The van der Waals surface area contributed by atoms with Crippen LogP contribution in [0, 0.1) is 0 Å². The minimum atomic E-state index is -0.241. The summed E-state index contributed by atoms with van der Waals surface area (Å²) in [6, 6.07) is 4.27. The highest BCUT2D eigenvalue weighted by Crippen LogP contribution is 2.13. The molecule has 114 valence electrons. The molecule has 3 nitrogen and oxygen atoms in total. The van der Waals surface area contributed by atoms with Gasteiger partial charge in [-0.3, -0.25) is 4.79 Å². The van der Waals surface area contributed by atoms with Gasteiger partial charge in [0, 0.05) is 23.4 Å². The van der Waals surface area contributed by atoms with Crippen LogP contribution in [0.2, 0.25) is 0 Å². The average Bonchev–Trinajstić information content (AvgIpc) is 2.97. The molecule has 4 heteroatoms. The molecule has 0 saturated heterocycles. The molecule has 0 bridgehead atoms. The summed E-state index contributed by atoms with van der Waals surface area (Å²) in [6.07, 6.45) is 6.78. The average molecular weight is 296 g/mol. The Balaban J connectivity index is 2.05. The van der Waals surface area contributed by atoms with Crippen LogP contribution in [0.5, 0.6) is 0 Å². The molecule has 20 heavy (non-hydrogen) atoms. The second kappa shape index (κ2) is 9.14.